The first-order valence-electron chi connectivity index (χ1n) is 6.62. The normalized spacial score (nSPS) is 10.6. The number of amides is 1. The highest BCUT2D eigenvalue weighted by atomic mass is 32.1. The minimum Gasteiger partial charge on any atom is -0.381 e. The van der Waals surface area contributed by atoms with Crippen LogP contribution in [0.1, 0.15) is 17.5 Å². The summed E-state index contributed by atoms with van der Waals surface area (Å²) in [5.74, 6) is -0.517. The molecule has 21 heavy (non-hydrogen) atoms. The molecule has 0 atom stereocenters. The van der Waals surface area contributed by atoms with E-state index in [-0.39, 0.29) is 18.1 Å². The SMILES string of the molecule is CCOCCc1nnc(NC(=O)Cc2ccc(F)cc2)s1. The van der Waals surface area contributed by atoms with Crippen LogP contribution in [-0.4, -0.2) is 29.3 Å². The summed E-state index contributed by atoms with van der Waals surface area (Å²) in [6.07, 6.45) is 0.855. The van der Waals surface area contributed by atoms with E-state index in [4.69, 9.17) is 4.74 Å². The summed E-state index contributed by atoms with van der Waals surface area (Å²) in [5.41, 5.74) is 0.745. The van der Waals surface area contributed by atoms with Gasteiger partial charge in [0, 0.05) is 13.0 Å². The summed E-state index contributed by atoms with van der Waals surface area (Å²) in [4.78, 5) is 11.8. The molecule has 0 radical (unpaired) electrons. The van der Waals surface area contributed by atoms with Crippen LogP contribution < -0.4 is 5.32 Å². The first-order chi connectivity index (χ1) is 10.2. The zero-order valence-corrected chi connectivity index (χ0v) is 12.5. The summed E-state index contributed by atoms with van der Waals surface area (Å²) in [6.45, 7) is 3.19. The highest BCUT2D eigenvalue weighted by Crippen LogP contribution is 2.16. The molecule has 1 amide bonds. The first-order valence-corrected chi connectivity index (χ1v) is 7.43. The van der Waals surface area contributed by atoms with E-state index in [1.165, 1.54) is 23.5 Å². The summed E-state index contributed by atoms with van der Waals surface area (Å²) in [5, 5.41) is 11.9. The van der Waals surface area contributed by atoms with Gasteiger partial charge in [0.25, 0.3) is 0 Å². The Morgan fingerprint density at radius 1 is 1.33 bits per heavy atom. The van der Waals surface area contributed by atoms with Crippen LogP contribution in [0.25, 0.3) is 0 Å². The van der Waals surface area contributed by atoms with E-state index in [1.807, 2.05) is 6.92 Å². The Bertz CT molecular complexity index is 586. The molecule has 0 aliphatic rings. The van der Waals surface area contributed by atoms with Crippen molar-refractivity contribution in [2.24, 2.45) is 0 Å². The van der Waals surface area contributed by atoms with E-state index in [2.05, 4.69) is 15.5 Å². The average Bonchev–Trinajstić information content (AvgIpc) is 2.89. The van der Waals surface area contributed by atoms with Gasteiger partial charge in [-0.15, -0.1) is 10.2 Å². The molecule has 0 aliphatic carbocycles. The highest BCUT2D eigenvalue weighted by molar-refractivity contribution is 7.15. The molecular formula is C14H16FN3O2S. The number of hydrogen-bond acceptors (Lipinski definition) is 5. The van der Waals surface area contributed by atoms with E-state index < -0.39 is 0 Å². The standard InChI is InChI=1S/C14H16FN3O2S/c1-2-20-8-7-13-17-18-14(21-13)16-12(19)9-10-3-5-11(15)6-4-10/h3-6H,2,7-9H2,1H3,(H,16,18,19). The molecule has 1 heterocycles. The first kappa shape index (κ1) is 15.5. The molecule has 1 N–H and O–H groups in total. The number of ether oxygens (including phenoxy) is 1. The number of benzene rings is 1. The number of nitrogens with zero attached hydrogens (tertiary/aromatic N) is 2. The van der Waals surface area contributed by atoms with Crippen molar-refractivity contribution in [2.45, 2.75) is 19.8 Å². The molecule has 2 rings (SSSR count). The van der Waals surface area contributed by atoms with Crippen molar-refractivity contribution in [2.75, 3.05) is 18.5 Å². The van der Waals surface area contributed by atoms with E-state index >= 15 is 0 Å². The fraction of sp³-hybridized carbons (Fsp3) is 0.357. The summed E-state index contributed by atoms with van der Waals surface area (Å²) >= 11 is 1.33. The largest absolute Gasteiger partial charge is 0.381 e. The molecular weight excluding hydrogens is 293 g/mol. The maximum Gasteiger partial charge on any atom is 0.230 e. The Kier molecular flexibility index (Phi) is 5.77. The minimum atomic E-state index is -0.317. The topological polar surface area (TPSA) is 64.1 Å². The molecule has 7 heteroatoms. The molecule has 2 aromatic rings. The molecule has 0 saturated heterocycles. The fourth-order valence-corrected chi connectivity index (χ4v) is 2.40. The van der Waals surface area contributed by atoms with E-state index in [9.17, 15) is 9.18 Å². The monoisotopic (exact) mass is 309 g/mol. The van der Waals surface area contributed by atoms with Crippen LogP contribution >= 0.6 is 11.3 Å². The van der Waals surface area contributed by atoms with Gasteiger partial charge in [-0.3, -0.25) is 4.79 Å². The lowest BCUT2D eigenvalue weighted by Gasteiger charge is -2.01. The third-order valence-electron chi connectivity index (χ3n) is 2.66. The van der Waals surface area contributed by atoms with Crippen molar-refractivity contribution in [1.82, 2.24) is 10.2 Å². The van der Waals surface area contributed by atoms with Gasteiger partial charge in [0.15, 0.2) is 0 Å². The highest BCUT2D eigenvalue weighted by Gasteiger charge is 2.09. The predicted octanol–water partition coefficient (Wildman–Crippen LogP) is 2.44. The van der Waals surface area contributed by atoms with Gasteiger partial charge in [-0.1, -0.05) is 23.5 Å². The zero-order chi connectivity index (χ0) is 15.1. The average molecular weight is 309 g/mol. The lowest BCUT2D eigenvalue weighted by atomic mass is 10.1. The number of rotatable bonds is 7. The van der Waals surface area contributed by atoms with Crippen LogP contribution in [0.15, 0.2) is 24.3 Å². The van der Waals surface area contributed by atoms with Crippen LogP contribution in [0.5, 0.6) is 0 Å². The molecule has 0 aliphatic heterocycles. The third kappa shape index (κ3) is 5.20. The third-order valence-corrected chi connectivity index (χ3v) is 3.55. The van der Waals surface area contributed by atoms with Crippen molar-refractivity contribution in [1.29, 1.82) is 0 Å². The number of hydrogen-bond donors (Lipinski definition) is 1. The predicted molar refractivity (Wildman–Crippen MR) is 78.8 cm³/mol. The summed E-state index contributed by atoms with van der Waals surface area (Å²) in [6, 6.07) is 5.84. The molecule has 5 nitrogen and oxygen atoms in total. The molecule has 1 aromatic carbocycles. The Hall–Kier alpha value is -1.86. The lowest BCUT2D eigenvalue weighted by Crippen LogP contribution is -2.14. The second kappa shape index (κ2) is 7.80. The van der Waals surface area contributed by atoms with Crippen molar-refractivity contribution >= 4 is 22.4 Å². The van der Waals surface area contributed by atoms with Crippen LogP contribution in [0.2, 0.25) is 0 Å². The van der Waals surface area contributed by atoms with Gasteiger partial charge in [0.05, 0.1) is 13.0 Å². The van der Waals surface area contributed by atoms with Gasteiger partial charge in [-0.2, -0.15) is 0 Å². The van der Waals surface area contributed by atoms with Gasteiger partial charge in [-0.05, 0) is 24.6 Å². The Morgan fingerprint density at radius 2 is 2.10 bits per heavy atom. The second-order valence-corrected chi connectivity index (χ2v) is 5.36. The maximum atomic E-state index is 12.8. The van der Waals surface area contributed by atoms with Crippen LogP contribution in [-0.2, 0) is 22.4 Å². The van der Waals surface area contributed by atoms with Gasteiger partial charge >= 0.3 is 0 Å². The molecule has 0 bridgehead atoms. The van der Waals surface area contributed by atoms with Crippen molar-refractivity contribution in [3.05, 3.63) is 40.7 Å². The summed E-state index contributed by atoms with van der Waals surface area (Å²) in [7, 11) is 0. The Morgan fingerprint density at radius 3 is 2.81 bits per heavy atom. The van der Waals surface area contributed by atoms with Crippen LogP contribution in [0, 0.1) is 5.82 Å². The van der Waals surface area contributed by atoms with E-state index in [0.717, 1.165) is 10.6 Å². The molecule has 0 saturated carbocycles. The Balaban J connectivity index is 1.83. The maximum absolute atomic E-state index is 12.8. The van der Waals surface area contributed by atoms with E-state index in [0.29, 0.717) is 24.8 Å². The van der Waals surface area contributed by atoms with Crippen LogP contribution in [0.4, 0.5) is 9.52 Å². The molecule has 0 spiro atoms. The number of carbonyl (C=O) groups excluding carboxylic acids is 1. The summed E-state index contributed by atoms with van der Waals surface area (Å²) < 4.78 is 18.0. The van der Waals surface area contributed by atoms with Gasteiger partial charge < -0.3 is 10.1 Å². The molecule has 0 fully saturated rings. The molecule has 0 unspecified atom stereocenters. The number of anilines is 1. The number of carbonyl (C=O) groups is 1. The van der Waals surface area contributed by atoms with E-state index in [1.54, 1.807) is 12.1 Å². The van der Waals surface area contributed by atoms with Crippen LogP contribution in [0.3, 0.4) is 0 Å². The van der Waals surface area contributed by atoms with Crippen molar-refractivity contribution in [3.8, 4) is 0 Å². The molecule has 112 valence electrons. The quantitative estimate of drug-likeness (QED) is 0.798. The van der Waals surface area contributed by atoms with Gasteiger partial charge in [-0.25, -0.2) is 4.39 Å². The zero-order valence-electron chi connectivity index (χ0n) is 11.6. The second-order valence-electron chi connectivity index (χ2n) is 4.30. The number of nitrogens with one attached hydrogen (secondary N) is 1. The van der Waals surface area contributed by atoms with Gasteiger partial charge in [0.2, 0.25) is 11.0 Å². The van der Waals surface area contributed by atoms with Crippen molar-refractivity contribution in [3.63, 3.8) is 0 Å². The lowest BCUT2D eigenvalue weighted by molar-refractivity contribution is -0.115. The molecule has 1 aromatic heterocycles. The number of aromatic nitrogens is 2. The Labute approximate surface area is 126 Å². The van der Waals surface area contributed by atoms with Crippen molar-refractivity contribution < 1.29 is 13.9 Å². The van der Waals surface area contributed by atoms with Gasteiger partial charge in [0.1, 0.15) is 10.8 Å². The fourth-order valence-electron chi connectivity index (χ4n) is 1.66. The minimum absolute atomic E-state index is 0.175. The smallest absolute Gasteiger partial charge is 0.230 e. The number of halogens is 1.